The molecule has 0 bridgehead atoms. The van der Waals surface area contributed by atoms with E-state index in [9.17, 15) is 9.59 Å². The second-order valence-electron chi connectivity index (χ2n) is 7.28. The summed E-state index contributed by atoms with van der Waals surface area (Å²) in [6, 6.07) is 22.8. The second kappa shape index (κ2) is 9.86. The zero-order valence-electron chi connectivity index (χ0n) is 17.5. The first-order chi connectivity index (χ1) is 15.9. The van der Waals surface area contributed by atoms with Gasteiger partial charge in [-0.05, 0) is 54.1 Å². The first-order valence-electron chi connectivity index (χ1n) is 10.0. The number of rotatable bonds is 5. The van der Waals surface area contributed by atoms with Crippen LogP contribution in [0.3, 0.4) is 0 Å². The molecule has 0 atom stereocenters. The number of amides is 1. The van der Waals surface area contributed by atoms with Crippen molar-refractivity contribution < 1.29 is 14.3 Å². The van der Waals surface area contributed by atoms with Crippen LogP contribution >= 0.6 is 23.2 Å². The Hall–Kier alpha value is -3.67. The molecule has 0 saturated carbocycles. The van der Waals surface area contributed by atoms with Crippen LogP contribution in [0.5, 0.6) is 5.75 Å². The Kier molecular flexibility index (Phi) is 6.73. The maximum Gasteiger partial charge on any atom is 0.345 e. The van der Waals surface area contributed by atoms with Crippen molar-refractivity contribution in [2.45, 2.75) is 6.92 Å². The minimum absolute atomic E-state index is 0.185. The third kappa shape index (κ3) is 5.22. The number of ether oxygens (including phenoxy) is 1. The average Bonchev–Trinajstić information content (AvgIpc) is 2.80. The van der Waals surface area contributed by atoms with Crippen LogP contribution in [0.15, 0.2) is 84.0 Å². The van der Waals surface area contributed by atoms with Gasteiger partial charge in [-0.2, -0.15) is 5.10 Å². The normalized spacial score (nSPS) is 11.0. The molecule has 4 aromatic carbocycles. The summed E-state index contributed by atoms with van der Waals surface area (Å²) in [5, 5.41) is 6.44. The summed E-state index contributed by atoms with van der Waals surface area (Å²) in [6.07, 6.45) is 1.46. The number of halogens is 2. The quantitative estimate of drug-likeness (QED) is 0.156. The fourth-order valence-electron chi connectivity index (χ4n) is 3.31. The van der Waals surface area contributed by atoms with Gasteiger partial charge in [-0.1, -0.05) is 71.2 Å². The largest absolute Gasteiger partial charge is 0.422 e. The molecule has 0 aliphatic heterocycles. The molecule has 0 aromatic heterocycles. The van der Waals surface area contributed by atoms with Crippen molar-refractivity contribution >= 4 is 52.1 Å². The van der Waals surface area contributed by atoms with Gasteiger partial charge in [0.15, 0.2) is 0 Å². The van der Waals surface area contributed by atoms with Crippen LogP contribution in [-0.2, 0) is 0 Å². The van der Waals surface area contributed by atoms with Gasteiger partial charge in [0.25, 0.3) is 5.91 Å². The number of carbonyl (C=O) groups excluding carboxylic acids is 2. The Balaban J connectivity index is 1.64. The molecule has 4 rings (SSSR count). The number of nitrogens with zero attached hydrogens (tertiary/aromatic N) is 1. The van der Waals surface area contributed by atoms with Gasteiger partial charge in [-0.3, -0.25) is 4.79 Å². The van der Waals surface area contributed by atoms with Crippen LogP contribution in [0.4, 0.5) is 0 Å². The number of esters is 1. The van der Waals surface area contributed by atoms with Gasteiger partial charge in [0, 0.05) is 16.1 Å². The highest BCUT2D eigenvalue weighted by Crippen LogP contribution is 2.29. The summed E-state index contributed by atoms with van der Waals surface area (Å²) in [7, 11) is 0. The summed E-state index contributed by atoms with van der Waals surface area (Å²) >= 11 is 12.1. The average molecular weight is 477 g/mol. The van der Waals surface area contributed by atoms with E-state index in [0.717, 1.165) is 16.3 Å². The third-order valence-electron chi connectivity index (χ3n) is 4.92. The molecule has 33 heavy (non-hydrogen) atoms. The number of nitrogens with one attached hydrogen (secondary N) is 1. The van der Waals surface area contributed by atoms with E-state index in [1.165, 1.54) is 18.3 Å². The highest BCUT2D eigenvalue weighted by molar-refractivity contribution is 6.36. The Bertz CT molecular complexity index is 1400. The standard InChI is InChI=1S/C26H18Cl2N2O3/c1-16-5-4-7-18(13-16)25(31)30-29-15-22-20-8-3-2-6-17(20)9-12-24(22)33-26(32)21-11-10-19(27)14-23(21)28/h2-15H,1H3,(H,30,31)/b29-15-. The molecule has 4 aromatic rings. The molecule has 0 radical (unpaired) electrons. The lowest BCUT2D eigenvalue weighted by molar-refractivity contribution is 0.0734. The minimum Gasteiger partial charge on any atom is -0.422 e. The van der Waals surface area contributed by atoms with Crippen molar-refractivity contribution in [2.75, 3.05) is 0 Å². The van der Waals surface area contributed by atoms with E-state index in [0.29, 0.717) is 16.1 Å². The number of fused-ring (bicyclic) bond motifs is 1. The molecule has 0 fully saturated rings. The number of hydrazone groups is 1. The van der Waals surface area contributed by atoms with Crippen molar-refractivity contribution in [1.82, 2.24) is 5.43 Å². The molecule has 5 nitrogen and oxygen atoms in total. The predicted octanol–water partition coefficient (Wildman–Crippen LogP) is 6.44. The second-order valence-corrected chi connectivity index (χ2v) is 8.12. The van der Waals surface area contributed by atoms with Crippen molar-refractivity contribution in [1.29, 1.82) is 0 Å². The first-order valence-corrected chi connectivity index (χ1v) is 10.8. The van der Waals surface area contributed by atoms with Gasteiger partial charge in [0.05, 0.1) is 16.8 Å². The molecular formula is C26H18Cl2N2O3. The third-order valence-corrected chi connectivity index (χ3v) is 5.47. The van der Waals surface area contributed by atoms with E-state index >= 15 is 0 Å². The van der Waals surface area contributed by atoms with E-state index in [-0.39, 0.29) is 22.2 Å². The fourth-order valence-corrected chi connectivity index (χ4v) is 3.80. The van der Waals surface area contributed by atoms with E-state index in [2.05, 4.69) is 10.5 Å². The van der Waals surface area contributed by atoms with Crippen LogP contribution in [0.2, 0.25) is 10.0 Å². The molecule has 0 aliphatic rings. The molecule has 1 N–H and O–H groups in total. The number of carbonyl (C=O) groups is 2. The molecule has 164 valence electrons. The zero-order chi connectivity index (χ0) is 23.4. The summed E-state index contributed by atoms with van der Waals surface area (Å²) in [4.78, 5) is 25.2. The van der Waals surface area contributed by atoms with Crippen molar-refractivity contribution in [3.05, 3.63) is 111 Å². The van der Waals surface area contributed by atoms with Crippen LogP contribution in [-0.4, -0.2) is 18.1 Å². The first kappa shape index (κ1) is 22.5. The SMILES string of the molecule is Cc1cccc(C(=O)N/N=C\c2c(OC(=O)c3ccc(Cl)cc3Cl)ccc3ccccc23)c1. The van der Waals surface area contributed by atoms with Crippen LogP contribution < -0.4 is 10.2 Å². The van der Waals surface area contributed by atoms with Gasteiger partial charge < -0.3 is 4.74 Å². The molecule has 7 heteroatoms. The van der Waals surface area contributed by atoms with Crippen molar-refractivity contribution in [3.63, 3.8) is 0 Å². The highest BCUT2D eigenvalue weighted by Gasteiger charge is 2.16. The van der Waals surface area contributed by atoms with Crippen LogP contribution in [0.1, 0.15) is 31.8 Å². The summed E-state index contributed by atoms with van der Waals surface area (Å²) in [6.45, 7) is 1.91. The molecule has 0 saturated heterocycles. The zero-order valence-corrected chi connectivity index (χ0v) is 19.0. The van der Waals surface area contributed by atoms with E-state index in [1.54, 1.807) is 30.3 Å². The monoisotopic (exact) mass is 476 g/mol. The van der Waals surface area contributed by atoms with Crippen LogP contribution in [0.25, 0.3) is 10.8 Å². The van der Waals surface area contributed by atoms with Gasteiger partial charge in [-0.25, -0.2) is 10.2 Å². The Labute approximate surface area is 200 Å². The predicted molar refractivity (Wildman–Crippen MR) is 132 cm³/mol. The Morgan fingerprint density at radius 2 is 1.76 bits per heavy atom. The molecule has 0 spiro atoms. The fraction of sp³-hybridized carbons (Fsp3) is 0.0385. The van der Waals surface area contributed by atoms with Crippen molar-refractivity contribution in [3.8, 4) is 5.75 Å². The smallest absolute Gasteiger partial charge is 0.345 e. The minimum atomic E-state index is -0.634. The van der Waals surface area contributed by atoms with E-state index in [1.807, 2.05) is 43.3 Å². The topological polar surface area (TPSA) is 67.8 Å². The van der Waals surface area contributed by atoms with Gasteiger partial charge in [0.2, 0.25) is 0 Å². The molecule has 0 heterocycles. The maximum absolute atomic E-state index is 12.8. The van der Waals surface area contributed by atoms with Gasteiger partial charge in [0.1, 0.15) is 5.75 Å². The van der Waals surface area contributed by atoms with Crippen molar-refractivity contribution in [2.24, 2.45) is 5.10 Å². The van der Waals surface area contributed by atoms with Crippen LogP contribution in [0, 0.1) is 6.92 Å². The van der Waals surface area contributed by atoms with Gasteiger partial charge >= 0.3 is 5.97 Å². The maximum atomic E-state index is 12.8. The molecule has 1 amide bonds. The highest BCUT2D eigenvalue weighted by atomic mass is 35.5. The lowest BCUT2D eigenvalue weighted by Crippen LogP contribution is -2.18. The van der Waals surface area contributed by atoms with E-state index < -0.39 is 5.97 Å². The van der Waals surface area contributed by atoms with Gasteiger partial charge in [-0.15, -0.1) is 0 Å². The number of hydrogen-bond donors (Lipinski definition) is 1. The summed E-state index contributed by atoms with van der Waals surface area (Å²) in [5.41, 5.74) is 4.71. The number of aryl methyl sites for hydroxylation is 1. The Morgan fingerprint density at radius 3 is 2.55 bits per heavy atom. The lowest BCUT2D eigenvalue weighted by Gasteiger charge is -2.11. The molecule has 0 unspecified atom stereocenters. The van der Waals surface area contributed by atoms with E-state index in [4.69, 9.17) is 27.9 Å². The molecule has 0 aliphatic carbocycles. The molecular weight excluding hydrogens is 459 g/mol. The number of hydrogen-bond acceptors (Lipinski definition) is 4. The summed E-state index contributed by atoms with van der Waals surface area (Å²) < 4.78 is 5.65. The summed E-state index contributed by atoms with van der Waals surface area (Å²) in [5.74, 6) is -0.703. The lowest BCUT2D eigenvalue weighted by atomic mass is 10.0. The Morgan fingerprint density at radius 1 is 0.939 bits per heavy atom. The number of benzene rings is 4.